The van der Waals surface area contributed by atoms with Gasteiger partial charge in [0, 0.05) is 35.8 Å². The summed E-state index contributed by atoms with van der Waals surface area (Å²) >= 11 is 6.11. The van der Waals surface area contributed by atoms with Crippen molar-refractivity contribution in [3.8, 4) is 22.9 Å². The highest BCUT2D eigenvalue weighted by atomic mass is 35.5. The molecule has 0 unspecified atom stereocenters. The molecule has 0 radical (unpaired) electrons. The van der Waals surface area contributed by atoms with E-state index in [0.717, 1.165) is 12.0 Å². The molecule has 0 spiro atoms. The third-order valence-electron chi connectivity index (χ3n) is 4.52. The number of nitrogens with zero attached hydrogens (tertiary/aromatic N) is 4. The Morgan fingerprint density at radius 3 is 3.03 bits per heavy atom. The molecule has 12 heteroatoms. The van der Waals surface area contributed by atoms with E-state index in [0.29, 0.717) is 35.3 Å². The van der Waals surface area contributed by atoms with Gasteiger partial charge < -0.3 is 14.8 Å². The van der Waals surface area contributed by atoms with Gasteiger partial charge in [-0.2, -0.15) is 5.10 Å². The van der Waals surface area contributed by atoms with Crippen molar-refractivity contribution in [1.29, 1.82) is 0 Å². The molecule has 1 aliphatic rings. The highest BCUT2D eigenvalue weighted by Crippen LogP contribution is 2.32. The Bertz CT molecular complexity index is 1270. The van der Waals surface area contributed by atoms with E-state index in [4.69, 9.17) is 26.2 Å². The van der Waals surface area contributed by atoms with Gasteiger partial charge in [0.15, 0.2) is 9.92 Å². The van der Waals surface area contributed by atoms with Gasteiger partial charge in [-0.1, -0.05) is 17.7 Å². The summed E-state index contributed by atoms with van der Waals surface area (Å²) in [6.45, 7) is 1.06. The van der Waals surface area contributed by atoms with E-state index in [1.165, 1.54) is 13.3 Å². The molecule has 0 aliphatic carbocycles. The maximum atomic E-state index is 13.0. The lowest BCUT2D eigenvalue weighted by Gasteiger charge is -2.16. The number of methoxy groups -OCH3 is 1. The number of nitrogens with two attached hydrogens (primary N) is 1. The second kappa shape index (κ2) is 8.53. The molecule has 10 nitrogen and oxygen atoms in total. The van der Waals surface area contributed by atoms with Crippen LogP contribution in [0.5, 0.6) is 11.8 Å². The number of rotatable bonds is 4. The number of pyridine rings is 1. The number of aromatic nitrogens is 3. The van der Waals surface area contributed by atoms with Crippen LogP contribution in [-0.2, 0) is 16.5 Å². The van der Waals surface area contributed by atoms with Gasteiger partial charge >= 0.3 is 6.03 Å². The lowest BCUT2D eigenvalue weighted by atomic mass is 10.0. The number of anilines is 1. The normalized spacial score (nSPS) is 14.7. The SMILES string of the molecule is COc1cc(-c2ccc(Cl)cc2NC(=O)N=[S@](N)(=O)c2cnn3c2OCCC3)ccn1. The van der Waals surface area contributed by atoms with E-state index < -0.39 is 15.9 Å². The lowest BCUT2D eigenvalue weighted by molar-refractivity contribution is 0.224. The Morgan fingerprint density at radius 2 is 2.23 bits per heavy atom. The Labute approximate surface area is 183 Å². The van der Waals surface area contributed by atoms with Gasteiger partial charge in [-0.25, -0.2) is 23.8 Å². The molecule has 3 aromatic rings. The fraction of sp³-hybridized carbons (Fsp3) is 0.211. The van der Waals surface area contributed by atoms with Crippen LogP contribution in [0.25, 0.3) is 11.1 Å². The first-order valence-electron chi connectivity index (χ1n) is 9.22. The number of hydrogen-bond acceptors (Lipinski definition) is 6. The van der Waals surface area contributed by atoms with E-state index >= 15 is 0 Å². The van der Waals surface area contributed by atoms with E-state index in [2.05, 4.69) is 19.8 Å². The maximum Gasteiger partial charge on any atom is 0.354 e. The first-order chi connectivity index (χ1) is 14.9. The number of ether oxygens (including phenoxy) is 2. The Kier molecular flexibility index (Phi) is 5.81. The number of hydrogen-bond donors (Lipinski definition) is 2. The molecule has 4 rings (SSSR count). The van der Waals surface area contributed by atoms with Crippen LogP contribution in [0.3, 0.4) is 0 Å². The maximum absolute atomic E-state index is 13.0. The Balaban J connectivity index is 1.66. The summed E-state index contributed by atoms with van der Waals surface area (Å²) in [5, 5.41) is 13.0. The molecule has 2 amide bonds. The predicted molar refractivity (Wildman–Crippen MR) is 116 cm³/mol. The Morgan fingerprint density at radius 1 is 1.39 bits per heavy atom. The van der Waals surface area contributed by atoms with Gasteiger partial charge in [-0.05, 0) is 23.8 Å². The largest absolute Gasteiger partial charge is 0.481 e. The number of halogens is 1. The van der Waals surface area contributed by atoms with E-state index in [9.17, 15) is 9.00 Å². The molecule has 3 N–H and O–H groups in total. The molecule has 2 aromatic heterocycles. The summed E-state index contributed by atoms with van der Waals surface area (Å²) in [6.07, 6.45) is 3.66. The third kappa shape index (κ3) is 4.48. The summed E-state index contributed by atoms with van der Waals surface area (Å²) in [7, 11) is -2.08. The predicted octanol–water partition coefficient (Wildman–Crippen LogP) is 3.32. The van der Waals surface area contributed by atoms with Gasteiger partial charge in [-0.15, -0.1) is 4.36 Å². The molecular weight excluding hydrogens is 444 g/mol. The summed E-state index contributed by atoms with van der Waals surface area (Å²) in [4.78, 5) is 16.8. The van der Waals surface area contributed by atoms with Crippen LogP contribution in [0.15, 0.2) is 52.0 Å². The number of benzene rings is 1. The molecule has 1 atom stereocenters. The number of aryl methyl sites for hydroxylation is 1. The van der Waals surface area contributed by atoms with Crippen LogP contribution < -0.4 is 19.9 Å². The van der Waals surface area contributed by atoms with Crippen LogP contribution >= 0.6 is 11.6 Å². The first-order valence-corrected chi connectivity index (χ1v) is 11.2. The monoisotopic (exact) mass is 462 g/mol. The number of fused-ring (bicyclic) bond motifs is 1. The topological polar surface area (TPSA) is 134 Å². The van der Waals surface area contributed by atoms with Crippen molar-refractivity contribution < 1.29 is 18.5 Å². The van der Waals surface area contributed by atoms with Crippen LogP contribution in [0, 0.1) is 0 Å². The molecule has 3 heterocycles. The zero-order valence-electron chi connectivity index (χ0n) is 16.4. The van der Waals surface area contributed by atoms with Crippen molar-refractivity contribution >= 4 is 33.2 Å². The van der Waals surface area contributed by atoms with E-state index in [-0.39, 0.29) is 10.8 Å². The molecule has 0 bridgehead atoms. The molecule has 0 fully saturated rings. The second-order valence-corrected chi connectivity index (χ2v) is 8.80. The molecule has 0 saturated carbocycles. The van der Waals surface area contributed by atoms with Gasteiger partial charge in [0.25, 0.3) is 0 Å². The van der Waals surface area contributed by atoms with Crippen molar-refractivity contribution in [3.05, 3.63) is 47.7 Å². The minimum absolute atomic E-state index is 0.0764. The van der Waals surface area contributed by atoms with Crippen LogP contribution in [-0.4, -0.2) is 38.7 Å². The zero-order chi connectivity index (χ0) is 22.0. The zero-order valence-corrected chi connectivity index (χ0v) is 18.0. The van der Waals surface area contributed by atoms with Crippen molar-refractivity contribution in [3.63, 3.8) is 0 Å². The van der Waals surface area contributed by atoms with Crippen LogP contribution in [0.2, 0.25) is 5.02 Å². The highest BCUT2D eigenvalue weighted by Gasteiger charge is 2.24. The minimum atomic E-state index is -3.58. The number of urea groups is 1. The van der Waals surface area contributed by atoms with Crippen LogP contribution in [0.1, 0.15) is 6.42 Å². The third-order valence-corrected chi connectivity index (χ3v) is 6.11. The molecular formula is C19H19ClN6O4S. The fourth-order valence-electron chi connectivity index (χ4n) is 3.12. The van der Waals surface area contributed by atoms with Gasteiger partial charge in [0.2, 0.25) is 11.8 Å². The standard InChI is InChI=1S/C19H19ClN6O4S/c1-29-17-9-12(5-6-22-17)14-4-3-13(20)10-15(14)24-19(27)25-31(21,28)16-11-23-26-7-2-8-30-18(16)26/h3-6,9-11H,2,7-8H2,1H3,(H3,21,24,25,27,28)/t31-/m0/s1. The number of carbonyl (C=O) groups excluding carboxylic acids is 1. The number of carbonyl (C=O) groups is 1. The summed E-state index contributed by atoms with van der Waals surface area (Å²) in [5.74, 6) is 0.674. The minimum Gasteiger partial charge on any atom is -0.481 e. The first kappa shape index (κ1) is 21.1. The van der Waals surface area contributed by atoms with Crippen molar-refractivity contribution in [2.75, 3.05) is 19.0 Å². The molecule has 31 heavy (non-hydrogen) atoms. The van der Waals surface area contributed by atoms with E-state index in [1.54, 1.807) is 41.2 Å². The number of amides is 2. The lowest BCUT2D eigenvalue weighted by Crippen LogP contribution is -2.20. The average molecular weight is 463 g/mol. The summed E-state index contributed by atoms with van der Waals surface area (Å²) < 4.78 is 28.9. The molecule has 1 aliphatic heterocycles. The summed E-state index contributed by atoms with van der Waals surface area (Å²) in [5.41, 5.74) is 1.73. The fourth-order valence-corrected chi connectivity index (χ4v) is 4.29. The van der Waals surface area contributed by atoms with Gasteiger partial charge in [0.05, 0.1) is 25.6 Å². The van der Waals surface area contributed by atoms with E-state index in [1.807, 2.05) is 0 Å². The Hall–Kier alpha value is -3.15. The summed E-state index contributed by atoms with van der Waals surface area (Å²) in [6, 6.07) is 7.53. The quantitative estimate of drug-likeness (QED) is 0.610. The van der Waals surface area contributed by atoms with Crippen LogP contribution in [0.4, 0.5) is 10.5 Å². The highest BCUT2D eigenvalue weighted by molar-refractivity contribution is 7.91. The van der Waals surface area contributed by atoms with Gasteiger partial charge in [-0.3, -0.25) is 0 Å². The average Bonchev–Trinajstić information content (AvgIpc) is 3.19. The van der Waals surface area contributed by atoms with Crippen molar-refractivity contribution in [2.24, 2.45) is 9.50 Å². The smallest absolute Gasteiger partial charge is 0.354 e. The van der Waals surface area contributed by atoms with Gasteiger partial charge in [0.1, 0.15) is 4.90 Å². The van der Waals surface area contributed by atoms with Crippen molar-refractivity contribution in [1.82, 2.24) is 14.8 Å². The van der Waals surface area contributed by atoms with Crippen molar-refractivity contribution in [2.45, 2.75) is 17.9 Å². The molecule has 1 aromatic carbocycles. The molecule has 0 saturated heterocycles. The molecule has 162 valence electrons. The second-order valence-electron chi connectivity index (χ2n) is 6.61. The number of nitrogens with one attached hydrogen (secondary N) is 1.